The van der Waals surface area contributed by atoms with E-state index < -0.39 is 0 Å². The first-order valence-corrected chi connectivity index (χ1v) is 23.8. The number of ketones is 1. The number of benzene rings is 5. The average Bonchev–Trinajstić information content (AvgIpc) is 3.69. The van der Waals surface area contributed by atoms with Crippen molar-refractivity contribution < 1.29 is 9.32 Å². The van der Waals surface area contributed by atoms with E-state index >= 15 is 0 Å². The lowest BCUT2D eigenvalue weighted by atomic mass is 10.2. The maximum atomic E-state index is 11.1. The van der Waals surface area contributed by atoms with Crippen LogP contribution >= 0.6 is 0 Å². The van der Waals surface area contributed by atoms with E-state index in [-0.39, 0.29) is 11.3 Å². The van der Waals surface area contributed by atoms with Crippen molar-refractivity contribution in [1.29, 1.82) is 0 Å². The van der Waals surface area contributed by atoms with Crippen LogP contribution in [0, 0.1) is 13.8 Å². The Labute approximate surface area is 424 Å². The number of Topliss-reactive ketones (excluding diaryl/α,β-unsaturated/α-hetero) is 1. The van der Waals surface area contributed by atoms with Crippen LogP contribution in [0.15, 0.2) is 186 Å². The predicted molar refractivity (Wildman–Crippen MR) is 290 cm³/mol. The summed E-state index contributed by atoms with van der Waals surface area (Å²) in [4.78, 5) is 39.7. The number of hydrogen-bond donors (Lipinski definition) is 3. The molecule has 5 aromatic carbocycles. The molecular formula is C56H55N15O3. The van der Waals surface area contributed by atoms with Gasteiger partial charge in [-0.3, -0.25) is 34.1 Å². The molecule has 18 nitrogen and oxygen atoms in total. The summed E-state index contributed by atoms with van der Waals surface area (Å²) in [5.74, 6) is 0.552. The molecular weight excluding hydrogens is 931 g/mol. The molecule has 14 rings (SSSR count). The minimum absolute atomic E-state index is 0.0249. The monoisotopic (exact) mass is 985 g/mol. The number of carbonyl (C=O) groups excluding carboxylic acids is 1. The Morgan fingerprint density at radius 2 is 1.38 bits per heavy atom. The zero-order valence-corrected chi connectivity index (χ0v) is 41.6. The van der Waals surface area contributed by atoms with Crippen LogP contribution in [0.3, 0.4) is 0 Å². The molecule has 0 spiro atoms. The number of fused-ring (bicyclic) bond motifs is 6. The third-order valence-electron chi connectivity index (χ3n) is 11.4. The molecule has 1 saturated carbocycles. The van der Waals surface area contributed by atoms with Crippen LogP contribution in [0.1, 0.15) is 54.0 Å². The molecule has 13 aromatic rings. The number of nitrogens with two attached hydrogens (primary N) is 1. The van der Waals surface area contributed by atoms with Crippen molar-refractivity contribution in [3.05, 3.63) is 204 Å². The number of aromatic amines is 2. The van der Waals surface area contributed by atoms with E-state index in [9.17, 15) is 9.59 Å². The summed E-state index contributed by atoms with van der Waals surface area (Å²) in [6.45, 7) is 5.88. The van der Waals surface area contributed by atoms with Crippen molar-refractivity contribution in [1.82, 2.24) is 69.8 Å². The van der Waals surface area contributed by atoms with Crippen molar-refractivity contribution in [3.8, 4) is 0 Å². The van der Waals surface area contributed by atoms with Gasteiger partial charge in [0.15, 0.2) is 22.8 Å². The molecule has 372 valence electrons. The van der Waals surface area contributed by atoms with E-state index in [1.54, 1.807) is 40.3 Å². The minimum atomic E-state index is -0.0249. The van der Waals surface area contributed by atoms with Gasteiger partial charge in [-0.1, -0.05) is 84.4 Å². The van der Waals surface area contributed by atoms with Crippen molar-refractivity contribution in [2.24, 2.45) is 14.1 Å². The number of nitrogens with zero attached hydrogens (tertiary/aromatic N) is 12. The number of aryl methyl sites for hydroxylation is 4. The molecule has 74 heavy (non-hydrogen) atoms. The molecule has 0 bridgehead atoms. The van der Waals surface area contributed by atoms with E-state index in [1.807, 2.05) is 137 Å². The number of aromatic nitrogens is 14. The van der Waals surface area contributed by atoms with Gasteiger partial charge >= 0.3 is 0 Å². The number of carbonyl (C=O) groups is 1. The number of nitrogen functional groups attached to an aromatic ring is 1. The van der Waals surface area contributed by atoms with Gasteiger partial charge < -0.3 is 10.3 Å². The third kappa shape index (κ3) is 13.2. The van der Waals surface area contributed by atoms with Gasteiger partial charge in [0.2, 0.25) is 0 Å². The molecule has 1 aliphatic carbocycles. The Kier molecular flexibility index (Phi) is 16.7. The zero-order valence-electron chi connectivity index (χ0n) is 41.6. The van der Waals surface area contributed by atoms with Gasteiger partial charge in [0.05, 0.1) is 39.6 Å². The first-order valence-electron chi connectivity index (χ1n) is 23.8. The van der Waals surface area contributed by atoms with Gasteiger partial charge in [-0.15, -0.1) is 0 Å². The van der Waals surface area contributed by atoms with Gasteiger partial charge in [0, 0.05) is 61.0 Å². The lowest BCUT2D eigenvalue weighted by Crippen LogP contribution is -2.01. The number of para-hydroxylation sites is 3. The van der Waals surface area contributed by atoms with Crippen molar-refractivity contribution >= 4 is 77.3 Å². The van der Waals surface area contributed by atoms with Crippen molar-refractivity contribution in [3.63, 3.8) is 0 Å². The Balaban J connectivity index is 0.000000115. The van der Waals surface area contributed by atoms with Gasteiger partial charge in [-0.2, -0.15) is 25.2 Å². The Morgan fingerprint density at radius 1 is 0.703 bits per heavy atom. The third-order valence-corrected chi connectivity index (χ3v) is 11.4. The normalized spacial score (nSPS) is 11.4. The molecule has 0 amide bonds. The summed E-state index contributed by atoms with van der Waals surface area (Å²) < 4.78 is 8.74. The number of rotatable bonds is 3. The molecule has 8 aromatic heterocycles. The van der Waals surface area contributed by atoms with Crippen LogP contribution in [-0.2, 0) is 14.1 Å². The molecule has 0 saturated heterocycles. The molecule has 0 atom stereocenters. The Morgan fingerprint density at radius 3 is 2.08 bits per heavy atom. The SMILES string of the molecule is CCC(=O)c1ccccn1.Cc1[nH]nc2ncccc12.Cc1ccc2ncncc2c1.Cn1[nH]c(=O)c2ccccc21.Cn1nc2ccccc2n1.Nc1noc2ccccc12.c1ccc2c(c1)cnn2C1CC1. The van der Waals surface area contributed by atoms with Crippen molar-refractivity contribution in [2.45, 2.75) is 46.1 Å². The van der Waals surface area contributed by atoms with Crippen LogP contribution in [0.2, 0.25) is 0 Å². The Bertz CT molecular complexity index is 3820. The van der Waals surface area contributed by atoms with E-state index in [0.29, 0.717) is 24.0 Å². The number of hydrogen-bond acceptors (Lipinski definition) is 13. The number of H-pyrrole nitrogens is 2. The summed E-state index contributed by atoms with van der Waals surface area (Å²) in [6, 6.07) is 47.2. The standard InChI is InChI=1S/C10H10N2.C9H8N2.C8H8N2O.C8H9NO.2C7H7N3.C7H6N2O/c1-2-4-10-8(3-1)7-11-12(10)9-5-6-9;1-7-2-3-9-8(4-7)5-10-6-11-9;1-10-7-5-3-2-4-6(7)8(11)9-10;1-2-8(10)7-5-3-4-6-9-7;1-10-8-6-4-2-3-5-7(6)9-10;1-5-6-3-2-4-8-7(6)10-9-5;8-7-5-3-1-2-4-6(5)10-9-7/h1-4,7,9H,5-6H2;2-6H,1H3;2-5H,1H3,(H,9,11);3-6H,2H2,1H3;2-5H,1H3;2-4H,1H3,(H,8,9,10);1-4H,(H2,8,9). The maximum absolute atomic E-state index is 11.1. The van der Waals surface area contributed by atoms with E-state index in [4.69, 9.17) is 10.3 Å². The van der Waals surface area contributed by atoms with E-state index in [0.717, 1.165) is 60.5 Å². The lowest BCUT2D eigenvalue weighted by Gasteiger charge is -1.98. The van der Waals surface area contributed by atoms with Gasteiger partial charge in [-0.25, -0.2) is 15.0 Å². The summed E-state index contributed by atoms with van der Waals surface area (Å²) in [5, 5.41) is 30.8. The molecule has 8 heterocycles. The fourth-order valence-electron chi connectivity index (χ4n) is 7.49. The average molecular weight is 986 g/mol. The van der Waals surface area contributed by atoms with Crippen LogP contribution in [0.25, 0.3) is 65.7 Å². The molecule has 0 aliphatic heterocycles. The molecule has 4 N–H and O–H groups in total. The second kappa shape index (κ2) is 24.4. The molecule has 18 heteroatoms. The van der Waals surface area contributed by atoms with Gasteiger partial charge in [0.1, 0.15) is 23.1 Å². The predicted octanol–water partition coefficient (Wildman–Crippen LogP) is 10.5. The fraction of sp³-hybridized carbons (Fsp3) is 0.161. The highest BCUT2D eigenvalue weighted by atomic mass is 16.5. The fourth-order valence-corrected chi connectivity index (χ4v) is 7.49. The van der Waals surface area contributed by atoms with Crippen molar-refractivity contribution in [2.75, 3.05) is 5.73 Å². The molecule has 0 unspecified atom stereocenters. The number of anilines is 1. The second-order valence-corrected chi connectivity index (χ2v) is 16.9. The van der Waals surface area contributed by atoms with Crippen LogP contribution in [0.5, 0.6) is 0 Å². The van der Waals surface area contributed by atoms with E-state index in [2.05, 4.69) is 104 Å². The lowest BCUT2D eigenvalue weighted by molar-refractivity contribution is 0.0983. The molecule has 0 radical (unpaired) electrons. The van der Waals surface area contributed by atoms with Crippen LogP contribution in [-0.4, -0.2) is 75.6 Å². The Hall–Kier alpha value is -9.71. The maximum Gasteiger partial charge on any atom is 0.271 e. The highest BCUT2D eigenvalue weighted by Crippen LogP contribution is 2.36. The van der Waals surface area contributed by atoms with Crippen LogP contribution in [0.4, 0.5) is 5.82 Å². The first kappa shape index (κ1) is 50.7. The largest absolute Gasteiger partial charge is 0.380 e. The second-order valence-electron chi connectivity index (χ2n) is 16.9. The summed E-state index contributed by atoms with van der Waals surface area (Å²) in [5.41, 5.74) is 15.0. The number of nitrogens with one attached hydrogen (secondary N) is 2. The zero-order chi connectivity index (χ0) is 51.8. The van der Waals surface area contributed by atoms with Gasteiger partial charge in [0.25, 0.3) is 5.56 Å². The van der Waals surface area contributed by atoms with Crippen LogP contribution < -0.4 is 11.3 Å². The number of pyridine rings is 2. The highest BCUT2D eigenvalue weighted by Gasteiger charge is 2.25. The minimum Gasteiger partial charge on any atom is -0.380 e. The molecule has 1 fully saturated rings. The smallest absolute Gasteiger partial charge is 0.271 e. The summed E-state index contributed by atoms with van der Waals surface area (Å²) in [7, 11) is 3.64. The quantitative estimate of drug-likeness (QED) is 0.140. The highest BCUT2D eigenvalue weighted by molar-refractivity contribution is 5.93. The first-order chi connectivity index (χ1) is 36.1. The topological polar surface area (TPSA) is 236 Å². The van der Waals surface area contributed by atoms with E-state index in [1.165, 1.54) is 29.3 Å². The summed E-state index contributed by atoms with van der Waals surface area (Å²) >= 11 is 0. The molecule has 1 aliphatic rings. The van der Waals surface area contributed by atoms with Gasteiger partial charge in [-0.05, 0) is 106 Å². The summed E-state index contributed by atoms with van der Waals surface area (Å²) in [6.07, 6.45) is 11.8.